The second kappa shape index (κ2) is 9.38. The Balaban J connectivity index is 1.49. The highest BCUT2D eigenvalue weighted by molar-refractivity contribution is 6.31. The molecule has 3 aromatic rings. The molecule has 2 aromatic carbocycles. The van der Waals surface area contributed by atoms with Crippen LogP contribution in [0.15, 0.2) is 54.7 Å². The van der Waals surface area contributed by atoms with Crippen LogP contribution in [0.5, 0.6) is 0 Å². The maximum absolute atomic E-state index is 13.4. The number of nitrogens with one attached hydrogen (secondary N) is 4. The van der Waals surface area contributed by atoms with Crippen LogP contribution in [0.4, 0.5) is 4.39 Å². The summed E-state index contributed by atoms with van der Waals surface area (Å²) in [6.07, 6.45) is 1.78. The molecular formula is C22H21Cl2FN4O2. The Bertz CT molecular complexity index is 1090. The summed E-state index contributed by atoms with van der Waals surface area (Å²) in [5, 5.41) is 13.1. The van der Waals surface area contributed by atoms with E-state index < -0.39 is 17.8 Å². The first-order valence-corrected chi connectivity index (χ1v) is 10.5. The standard InChI is InChI=1S/C22H21Cl2FN4O2/c23-15-3-1-2-12(6-15)16-10-27-29-21(16)14-8-19(26-9-14)22(31)28-20(11-30)13-4-5-18(25)17(24)7-13/h1-9,16,20-21,26-27,29-30H,10-11H2,(H,28,31). The molecule has 0 saturated carbocycles. The van der Waals surface area contributed by atoms with E-state index in [1.54, 1.807) is 12.3 Å². The van der Waals surface area contributed by atoms with E-state index in [4.69, 9.17) is 23.2 Å². The zero-order valence-electron chi connectivity index (χ0n) is 16.3. The first-order chi connectivity index (χ1) is 15.0. The number of aromatic nitrogens is 1. The highest BCUT2D eigenvalue weighted by Gasteiger charge is 2.31. The van der Waals surface area contributed by atoms with Gasteiger partial charge in [-0.3, -0.25) is 10.2 Å². The normalized spacial score (nSPS) is 19.4. The maximum atomic E-state index is 13.4. The average molecular weight is 463 g/mol. The van der Waals surface area contributed by atoms with E-state index in [1.807, 2.05) is 24.3 Å². The van der Waals surface area contributed by atoms with E-state index >= 15 is 0 Å². The summed E-state index contributed by atoms with van der Waals surface area (Å²) in [6.45, 7) is 0.363. The summed E-state index contributed by atoms with van der Waals surface area (Å²) in [6, 6.07) is 12.8. The number of hydrogen-bond donors (Lipinski definition) is 5. The van der Waals surface area contributed by atoms with Crippen molar-refractivity contribution < 1.29 is 14.3 Å². The van der Waals surface area contributed by atoms with E-state index in [-0.39, 0.29) is 23.6 Å². The molecule has 2 heterocycles. The minimum absolute atomic E-state index is 0.0548. The van der Waals surface area contributed by atoms with Crippen LogP contribution in [0.25, 0.3) is 0 Å². The molecule has 1 aromatic heterocycles. The number of aliphatic hydroxyl groups excluding tert-OH is 1. The van der Waals surface area contributed by atoms with E-state index in [0.717, 1.165) is 17.7 Å². The molecule has 0 radical (unpaired) electrons. The number of hydrazine groups is 1. The van der Waals surface area contributed by atoms with Gasteiger partial charge in [0.25, 0.3) is 5.91 Å². The van der Waals surface area contributed by atoms with Gasteiger partial charge in [-0.15, -0.1) is 0 Å². The predicted molar refractivity (Wildman–Crippen MR) is 118 cm³/mol. The molecule has 4 rings (SSSR count). The zero-order chi connectivity index (χ0) is 22.0. The van der Waals surface area contributed by atoms with Crippen LogP contribution in [0.3, 0.4) is 0 Å². The van der Waals surface area contributed by atoms with Crippen LogP contribution in [0.2, 0.25) is 10.0 Å². The molecule has 9 heteroatoms. The fourth-order valence-corrected chi connectivity index (χ4v) is 4.17. The lowest BCUT2D eigenvalue weighted by Gasteiger charge is -2.18. The van der Waals surface area contributed by atoms with Crippen LogP contribution >= 0.6 is 23.2 Å². The molecule has 1 amide bonds. The summed E-state index contributed by atoms with van der Waals surface area (Å²) >= 11 is 12.0. The Labute approximate surface area is 188 Å². The lowest BCUT2D eigenvalue weighted by atomic mass is 9.90. The third-order valence-corrected chi connectivity index (χ3v) is 5.93. The smallest absolute Gasteiger partial charge is 0.268 e. The largest absolute Gasteiger partial charge is 0.394 e. The number of aromatic amines is 1. The lowest BCUT2D eigenvalue weighted by Crippen LogP contribution is -2.31. The number of halogens is 3. The topological polar surface area (TPSA) is 89.2 Å². The summed E-state index contributed by atoms with van der Waals surface area (Å²) in [5.74, 6) is -0.817. The second-order valence-corrected chi connectivity index (χ2v) is 8.24. The van der Waals surface area contributed by atoms with Gasteiger partial charge in [-0.05, 0) is 47.0 Å². The molecule has 31 heavy (non-hydrogen) atoms. The summed E-state index contributed by atoms with van der Waals surface area (Å²) in [7, 11) is 0. The molecule has 1 saturated heterocycles. The Morgan fingerprint density at radius 2 is 2.03 bits per heavy atom. The van der Waals surface area contributed by atoms with Gasteiger partial charge in [0, 0.05) is 23.7 Å². The maximum Gasteiger partial charge on any atom is 0.268 e. The van der Waals surface area contributed by atoms with Gasteiger partial charge in [-0.1, -0.05) is 41.4 Å². The molecule has 0 bridgehead atoms. The van der Waals surface area contributed by atoms with Crippen LogP contribution in [-0.2, 0) is 0 Å². The Kier molecular flexibility index (Phi) is 6.60. The third-order valence-electron chi connectivity index (χ3n) is 5.40. The van der Waals surface area contributed by atoms with Crippen LogP contribution in [0.1, 0.15) is 45.2 Å². The van der Waals surface area contributed by atoms with Gasteiger partial charge < -0.3 is 15.4 Å². The highest BCUT2D eigenvalue weighted by Crippen LogP contribution is 2.34. The van der Waals surface area contributed by atoms with Gasteiger partial charge in [0.1, 0.15) is 11.5 Å². The van der Waals surface area contributed by atoms with Gasteiger partial charge in [-0.25, -0.2) is 9.82 Å². The van der Waals surface area contributed by atoms with Crippen molar-refractivity contribution in [3.63, 3.8) is 0 Å². The van der Waals surface area contributed by atoms with Crippen LogP contribution in [0, 0.1) is 5.82 Å². The Morgan fingerprint density at radius 1 is 1.19 bits per heavy atom. The van der Waals surface area contributed by atoms with Gasteiger partial charge >= 0.3 is 0 Å². The molecule has 162 valence electrons. The number of amides is 1. The number of benzene rings is 2. The first kappa shape index (κ1) is 21.8. The van der Waals surface area contributed by atoms with E-state index in [9.17, 15) is 14.3 Å². The first-order valence-electron chi connectivity index (χ1n) is 9.75. The van der Waals surface area contributed by atoms with Crippen molar-refractivity contribution in [2.24, 2.45) is 0 Å². The van der Waals surface area contributed by atoms with Gasteiger partial charge in [0.05, 0.1) is 23.7 Å². The van der Waals surface area contributed by atoms with Crippen LogP contribution in [-0.4, -0.2) is 29.1 Å². The Hall–Kier alpha value is -2.42. The van der Waals surface area contributed by atoms with Crippen molar-refractivity contribution in [1.29, 1.82) is 0 Å². The minimum Gasteiger partial charge on any atom is -0.394 e. The fraction of sp³-hybridized carbons (Fsp3) is 0.227. The Morgan fingerprint density at radius 3 is 2.77 bits per heavy atom. The van der Waals surface area contributed by atoms with Crippen molar-refractivity contribution in [2.45, 2.75) is 18.0 Å². The lowest BCUT2D eigenvalue weighted by molar-refractivity contribution is 0.0911. The van der Waals surface area contributed by atoms with Crippen molar-refractivity contribution in [2.75, 3.05) is 13.2 Å². The van der Waals surface area contributed by atoms with Crippen molar-refractivity contribution in [1.82, 2.24) is 21.2 Å². The average Bonchev–Trinajstić information content (AvgIpc) is 3.43. The van der Waals surface area contributed by atoms with Gasteiger partial charge in [0.2, 0.25) is 0 Å². The molecule has 0 aliphatic carbocycles. The number of carbonyl (C=O) groups excluding carboxylic acids is 1. The zero-order valence-corrected chi connectivity index (χ0v) is 17.8. The molecular weight excluding hydrogens is 442 g/mol. The number of hydrogen-bond acceptors (Lipinski definition) is 4. The number of rotatable bonds is 6. The summed E-state index contributed by atoms with van der Waals surface area (Å²) in [4.78, 5) is 15.7. The quantitative estimate of drug-likeness (QED) is 0.384. The highest BCUT2D eigenvalue weighted by atomic mass is 35.5. The molecule has 3 unspecified atom stereocenters. The van der Waals surface area contributed by atoms with E-state index in [2.05, 4.69) is 21.2 Å². The van der Waals surface area contributed by atoms with Crippen molar-refractivity contribution in [3.05, 3.63) is 93.0 Å². The SMILES string of the molecule is O=C(NC(CO)c1ccc(F)c(Cl)c1)c1cc(C2NNCC2c2cccc(Cl)c2)c[nH]1. The molecule has 1 fully saturated rings. The number of H-pyrrole nitrogens is 1. The van der Waals surface area contributed by atoms with Crippen LogP contribution < -0.4 is 16.2 Å². The second-order valence-electron chi connectivity index (χ2n) is 7.39. The summed E-state index contributed by atoms with van der Waals surface area (Å²) in [5.41, 5.74) is 9.27. The molecule has 6 nitrogen and oxygen atoms in total. The van der Waals surface area contributed by atoms with Crippen molar-refractivity contribution >= 4 is 29.1 Å². The molecule has 3 atom stereocenters. The third kappa shape index (κ3) is 4.76. The number of aliphatic hydroxyl groups is 1. The van der Waals surface area contributed by atoms with E-state index in [1.165, 1.54) is 18.2 Å². The molecule has 1 aliphatic rings. The monoisotopic (exact) mass is 462 g/mol. The molecule has 1 aliphatic heterocycles. The van der Waals surface area contributed by atoms with Crippen molar-refractivity contribution in [3.8, 4) is 0 Å². The minimum atomic E-state index is -0.720. The summed E-state index contributed by atoms with van der Waals surface area (Å²) < 4.78 is 13.4. The predicted octanol–water partition coefficient (Wildman–Crippen LogP) is 3.86. The fourth-order valence-electron chi connectivity index (χ4n) is 3.78. The van der Waals surface area contributed by atoms with Gasteiger partial charge in [-0.2, -0.15) is 0 Å². The molecule has 5 N–H and O–H groups in total. The van der Waals surface area contributed by atoms with E-state index in [0.29, 0.717) is 16.3 Å². The van der Waals surface area contributed by atoms with Gasteiger partial charge in [0.15, 0.2) is 0 Å². The molecule has 0 spiro atoms. The number of carbonyl (C=O) groups is 1.